The fraction of sp³-hybridized carbons (Fsp3) is 0.647. The van der Waals surface area contributed by atoms with E-state index in [1.165, 1.54) is 17.7 Å². The second-order valence-corrected chi connectivity index (χ2v) is 6.86. The minimum atomic E-state index is -0.0754. The molecule has 2 N–H and O–H groups in total. The molecule has 0 aromatic carbocycles. The molecule has 1 aromatic rings. The number of carbonyl (C=O) groups excluding carboxylic acids is 1. The molecule has 24 heavy (non-hydrogen) atoms. The predicted molar refractivity (Wildman–Crippen MR) is 110 cm³/mol. The molecule has 5 nitrogen and oxygen atoms in total. The summed E-state index contributed by atoms with van der Waals surface area (Å²) in [4.78, 5) is 17.2. The second kappa shape index (κ2) is 11.7. The number of hydrogen-bond acceptors (Lipinski definition) is 4. The van der Waals surface area contributed by atoms with Gasteiger partial charge in [-0.15, -0.1) is 35.3 Å². The summed E-state index contributed by atoms with van der Waals surface area (Å²) in [7, 11) is 1.75. The summed E-state index contributed by atoms with van der Waals surface area (Å²) in [6, 6.07) is 4.37. The zero-order chi connectivity index (χ0) is 16.5. The monoisotopic (exact) mass is 465 g/mol. The summed E-state index contributed by atoms with van der Waals surface area (Å²) in [5.74, 6) is 0.684. The molecule has 0 spiro atoms. The molecule has 2 rings (SSSR count). The van der Waals surface area contributed by atoms with Gasteiger partial charge in [0.1, 0.15) is 6.10 Å². The topological polar surface area (TPSA) is 62.7 Å². The number of nitrogens with zero attached hydrogens (tertiary/aromatic N) is 1. The van der Waals surface area contributed by atoms with Gasteiger partial charge in [-0.25, -0.2) is 0 Å². The Hall–Kier alpha value is -0.830. The van der Waals surface area contributed by atoms with Crippen molar-refractivity contribution in [1.29, 1.82) is 0 Å². The van der Waals surface area contributed by atoms with Crippen LogP contribution in [0.15, 0.2) is 22.5 Å². The molecule has 0 aliphatic heterocycles. The molecule has 7 heteroatoms. The average molecular weight is 465 g/mol. The van der Waals surface area contributed by atoms with Gasteiger partial charge in [-0.1, -0.05) is 6.07 Å². The number of aliphatic imine (C=N–C) groups is 1. The lowest BCUT2D eigenvalue weighted by molar-refractivity contribution is -0.148. The van der Waals surface area contributed by atoms with Crippen LogP contribution in [0.5, 0.6) is 0 Å². The fourth-order valence-corrected chi connectivity index (χ4v) is 3.43. The van der Waals surface area contributed by atoms with Gasteiger partial charge >= 0.3 is 5.97 Å². The Bertz CT molecular complexity index is 502. The summed E-state index contributed by atoms with van der Waals surface area (Å²) in [5, 5.41) is 8.67. The fourth-order valence-electron chi connectivity index (χ4n) is 2.70. The Labute approximate surface area is 165 Å². The summed E-state index contributed by atoms with van der Waals surface area (Å²) in [6.45, 7) is 2.81. The lowest BCUT2D eigenvalue weighted by Crippen LogP contribution is -2.39. The molecular formula is C17H28IN3O2S. The van der Waals surface area contributed by atoms with Crippen molar-refractivity contribution in [3.05, 3.63) is 22.4 Å². The van der Waals surface area contributed by atoms with Gasteiger partial charge < -0.3 is 15.4 Å². The zero-order valence-electron chi connectivity index (χ0n) is 14.4. The normalized spacial score (nSPS) is 16.3. The number of hydrogen-bond donors (Lipinski definition) is 2. The number of nitrogens with one attached hydrogen (secondary N) is 2. The van der Waals surface area contributed by atoms with Crippen molar-refractivity contribution >= 4 is 47.2 Å². The van der Waals surface area contributed by atoms with E-state index < -0.39 is 0 Å². The number of ether oxygens (including phenoxy) is 1. The Balaban J connectivity index is 0.00000288. The zero-order valence-corrected chi connectivity index (χ0v) is 17.6. The van der Waals surface area contributed by atoms with Gasteiger partial charge in [-0.05, 0) is 50.5 Å². The second-order valence-electron chi connectivity index (χ2n) is 5.88. The van der Waals surface area contributed by atoms with E-state index in [1.807, 2.05) is 6.07 Å². The number of guanidine groups is 1. The SMILES string of the molecule is CN=C(NCCCC(=O)OC1CCCC1)NC(C)c1cccs1.I. The van der Waals surface area contributed by atoms with Gasteiger partial charge in [-0.2, -0.15) is 0 Å². The average Bonchev–Trinajstić information content (AvgIpc) is 3.23. The van der Waals surface area contributed by atoms with Crippen molar-refractivity contribution in [1.82, 2.24) is 10.6 Å². The number of rotatable bonds is 7. The summed E-state index contributed by atoms with van der Waals surface area (Å²) < 4.78 is 5.45. The highest BCUT2D eigenvalue weighted by atomic mass is 127. The standard InChI is InChI=1S/C17H27N3O2S.HI/c1-13(15-9-6-12-23-15)20-17(18-2)19-11-5-10-16(21)22-14-7-3-4-8-14;/h6,9,12-14H,3-5,7-8,10-11H2,1-2H3,(H2,18,19,20);1H. The highest BCUT2D eigenvalue weighted by Crippen LogP contribution is 2.21. The Kier molecular flexibility index (Phi) is 10.3. The smallest absolute Gasteiger partial charge is 0.306 e. The molecule has 1 atom stereocenters. The van der Waals surface area contributed by atoms with Crippen LogP contribution in [0.25, 0.3) is 0 Å². The highest BCUT2D eigenvalue weighted by molar-refractivity contribution is 14.0. The van der Waals surface area contributed by atoms with Crippen LogP contribution in [0.1, 0.15) is 56.4 Å². The quantitative estimate of drug-likeness (QED) is 0.211. The van der Waals surface area contributed by atoms with Crippen LogP contribution < -0.4 is 10.6 Å². The maximum atomic E-state index is 11.8. The molecule has 1 aromatic heterocycles. The van der Waals surface area contributed by atoms with Crippen LogP contribution in [-0.4, -0.2) is 31.6 Å². The van der Waals surface area contributed by atoms with Crippen molar-refractivity contribution in [3.63, 3.8) is 0 Å². The Morgan fingerprint density at radius 2 is 2.21 bits per heavy atom. The van der Waals surface area contributed by atoms with Crippen LogP contribution in [-0.2, 0) is 9.53 Å². The summed E-state index contributed by atoms with van der Waals surface area (Å²) >= 11 is 1.72. The third-order valence-electron chi connectivity index (χ3n) is 4.00. The van der Waals surface area contributed by atoms with Gasteiger partial charge in [-0.3, -0.25) is 9.79 Å². The van der Waals surface area contributed by atoms with Crippen molar-refractivity contribution in [2.75, 3.05) is 13.6 Å². The molecule has 1 unspecified atom stereocenters. The molecule has 1 aliphatic rings. The minimum absolute atomic E-state index is 0. The molecule has 1 aliphatic carbocycles. The van der Waals surface area contributed by atoms with Crippen LogP contribution in [0.2, 0.25) is 0 Å². The van der Waals surface area contributed by atoms with Gasteiger partial charge in [0, 0.05) is 24.9 Å². The first-order valence-corrected chi connectivity index (χ1v) is 9.27. The van der Waals surface area contributed by atoms with Crippen molar-refractivity contribution in [3.8, 4) is 0 Å². The van der Waals surface area contributed by atoms with E-state index in [0.29, 0.717) is 13.0 Å². The molecule has 1 saturated carbocycles. The van der Waals surface area contributed by atoms with Crippen molar-refractivity contribution < 1.29 is 9.53 Å². The van der Waals surface area contributed by atoms with E-state index >= 15 is 0 Å². The number of halogens is 1. The molecule has 136 valence electrons. The summed E-state index contributed by atoms with van der Waals surface area (Å²) in [6.07, 6.45) is 5.80. The van der Waals surface area contributed by atoms with Crippen LogP contribution in [0.3, 0.4) is 0 Å². The van der Waals surface area contributed by atoms with Gasteiger partial charge in [0.15, 0.2) is 5.96 Å². The lowest BCUT2D eigenvalue weighted by atomic mass is 10.3. The molecule has 0 radical (unpaired) electrons. The first kappa shape index (κ1) is 21.2. The lowest BCUT2D eigenvalue weighted by Gasteiger charge is -2.17. The van der Waals surface area contributed by atoms with Crippen LogP contribution in [0, 0.1) is 0 Å². The third kappa shape index (κ3) is 7.38. The molecule has 1 fully saturated rings. The van der Waals surface area contributed by atoms with Gasteiger partial charge in [0.2, 0.25) is 0 Å². The Morgan fingerprint density at radius 3 is 2.83 bits per heavy atom. The van der Waals surface area contributed by atoms with E-state index in [2.05, 4.69) is 34.0 Å². The van der Waals surface area contributed by atoms with Gasteiger partial charge in [0.05, 0.1) is 6.04 Å². The molecule has 0 bridgehead atoms. The van der Waals surface area contributed by atoms with Crippen molar-refractivity contribution in [2.24, 2.45) is 4.99 Å². The van der Waals surface area contributed by atoms with Crippen LogP contribution >= 0.6 is 35.3 Å². The van der Waals surface area contributed by atoms with E-state index in [-0.39, 0.29) is 42.1 Å². The molecule has 0 amide bonds. The molecule has 1 heterocycles. The molecule has 0 saturated heterocycles. The number of esters is 1. The van der Waals surface area contributed by atoms with E-state index in [4.69, 9.17) is 4.74 Å². The molecular weight excluding hydrogens is 437 g/mol. The third-order valence-corrected chi connectivity index (χ3v) is 5.05. The van der Waals surface area contributed by atoms with E-state index in [1.54, 1.807) is 18.4 Å². The maximum Gasteiger partial charge on any atom is 0.306 e. The predicted octanol–water partition coefficient (Wildman–Crippen LogP) is 3.86. The summed E-state index contributed by atoms with van der Waals surface area (Å²) in [5.41, 5.74) is 0. The maximum absolute atomic E-state index is 11.8. The van der Waals surface area contributed by atoms with Crippen molar-refractivity contribution in [2.45, 2.75) is 57.6 Å². The number of carbonyl (C=O) groups is 1. The largest absolute Gasteiger partial charge is 0.462 e. The number of thiophene rings is 1. The first-order chi connectivity index (χ1) is 11.2. The highest BCUT2D eigenvalue weighted by Gasteiger charge is 2.18. The minimum Gasteiger partial charge on any atom is -0.462 e. The van der Waals surface area contributed by atoms with Crippen LogP contribution in [0.4, 0.5) is 0 Å². The Morgan fingerprint density at radius 1 is 1.46 bits per heavy atom. The first-order valence-electron chi connectivity index (χ1n) is 8.39. The van der Waals surface area contributed by atoms with Gasteiger partial charge in [0.25, 0.3) is 0 Å². The van der Waals surface area contributed by atoms with E-state index in [0.717, 1.165) is 25.2 Å². The van der Waals surface area contributed by atoms with E-state index in [9.17, 15) is 4.79 Å².